The molecule has 3 unspecified atom stereocenters. The van der Waals surface area contributed by atoms with E-state index in [4.69, 9.17) is 4.74 Å². The number of hydrogen-bond donors (Lipinski definition) is 1. The molecule has 1 N–H and O–H groups in total. The van der Waals surface area contributed by atoms with Crippen LogP contribution in [0.5, 0.6) is 0 Å². The Morgan fingerprint density at radius 3 is 2.71 bits per heavy atom. The largest absolute Gasteiger partial charge is 0.383 e. The smallest absolute Gasteiger partial charge is 0.292 e. The van der Waals surface area contributed by atoms with E-state index in [-0.39, 0.29) is 16.7 Å². The Hall–Kier alpha value is -1.62. The summed E-state index contributed by atoms with van der Waals surface area (Å²) < 4.78 is 5.95. The molecule has 0 amide bonds. The van der Waals surface area contributed by atoms with Crippen LogP contribution in [0.3, 0.4) is 0 Å². The van der Waals surface area contributed by atoms with Gasteiger partial charge in [0.2, 0.25) is 0 Å². The van der Waals surface area contributed by atoms with E-state index in [2.05, 4.69) is 19.2 Å². The molecule has 1 aliphatic rings. The summed E-state index contributed by atoms with van der Waals surface area (Å²) in [6, 6.07) is 5.22. The average Bonchev–Trinajstić information content (AvgIpc) is 2.48. The minimum atomic E-state index is -0.361. The SMILES string of the molecule is CNc1ccc(COC2CCC(C)C(C)C2)cc1[N+](=O)[O-]. The maximum absolute atomic E-state index is 11.0. The number of nitrogens with one attached hydrogen (secondary N) is 1. The molecule has 1 aromatic rings. The van der Waals surface area contributed by atoms with Gasteiger partial charge in [0.25, 0.3) is 5.69 Å². The van der Waals surface area contributed by atoms with Crippen molar-refractivity contribution in [1.82, 2.24) is 0 Å². The summed E-state index contributed by atoms with van der Waals surface area (Å²) >= 11 is 0. The molecule has 1 aromatic carbocycles. The van der Waals surface area contributed by atoms with Crippen LogP contribution >= 0.6 is 0 Å². The molecule has 21 heavy (non-hydrogen) atoms. The van der Waals surface area contributed by atoms with Gasteiger partial charge in [-0.3, -0.25) is 10.1 Å². The van der Waals surface area contributed by atoms with E-state index in [1.54, 1.807) is 19.2 Å². The lowest BCUT2D eigenvalue weighted by atomic mass is 9.80. The van der Waals surface area contributed by atoms with Crippen LogP contribution in [-0.2, 0) is 11.3 Å². The van der Waals surface area contributed by atoms with Crippen LogP contribution in [0.1, 0.15) is 38.7 Å². The monoisotopic (exact) mass is 292 g/mol. The molecule has 3 atom stereocenters. The lowest BCUT2D eigenvalue weighted by molar-refractivity contribution is -0.384. The first-order valence-corrected chi connectivity index (χ1v) is 7.58. The normalized spacial score (nSPS) is 25.6. The highest BCUT2D eigenvalue weighted by Gasteiger charge is 2.25. The number of anilines is 1. The van der Waals surface area contributed by atoms with Crippen molar-refractivity contribution in [3.63, 3.8) is 0 Å². The fraction of sp³-hybridized carbons (Fsp3) is 0.625. The summed E-state index contributed by atoms with van der Waals surface area (Å²) in [5, 5.41) is 13.9. The van der Waals surface area contributed by atoms with Gasteiger partial charge >= 0.3 is 0 Å². The number of ether oxygens (including phenoxy) is 1. The summed E-state index contributed by atoms with van der Waals surface area (Å²) in [7, 11) is 1.68. The molecule has 2 rings (SSSR count). The van der Waals surface area contributed by atoms with E-state index in [0.717, 1.165) is 24.3 Å². The van der Waals surface area contributed by atoms with E-state index >= 15 is 0 Å². The van der Waals surface area contributed by atoms with Gasteiger partial charge in [-0.05, 0) is 42.7 Å². The molecule has 0 radical (unpaired) electrons. The van der Waals surface area contributed by atoms with Gasteiger partial charge in [-0.15, -0.1) is 0 Å². The van der Waals surface area contributed by atoms with Gasteiger partial charge in [-0.1, -0.05) is 19.9 Å². The van der Waals surface area contributed by atoms with Gasteiger partial charge in [0.05, 0.1) is 17.6 Å². The number of rotatable bonds is 5. The summed E-state index contributed by atoms with van der Waals surface area (Å²) in [6.07, 6.45) is 3.64. The van der Waals surface area contributed by atoms with E-state index in [1.807, 2.05) is 6.07 Å². The zero-order chi connectivity index (χ0) is 15.4. The number of hydrogen-bond acceptors (Lipinski definition) is 4. The number of nitrogens with zero attached hydrogens (tertiary/aromatic N) is 1. The Balaban J connectivity index is 1.97. The molecule has 116 valence electrons. The van der Waals surface area contributed by atoms with Crippen LogP contribution in [-0.4, -0.2) is 18.1 Å². The fourth-order valence-electron chi connectivity index (χ4n) is 2.89. The van der Waals surface area contributed by atoms with Crippen molar-refractivity contribution in [2.24, 2.45) is 11.8 Å². The van der Waals surface area contributed by atoms with E-state index in [1.165, 1.54) is 6.42 Å². The van der Waals surface area contributed by atoms with Gasteiger partial charge in [0.15, 0.2) is 0 Å². The minimum Gasteiger partial charge on any atom is -0.383 e. The number of nitro groups is 1. The lowest BCUT2D eigenvalue weighted by Gasteiger charge is -2.32. The van der Waals surface area contributed by atoms with Crippen LogP contribution < -0.4 is 5.32 Å². The third kappa shape index (κ3) is 3.94. The Morgan fingerprint density at radius 2 is 2.10 bits per heavy atom. The molecule has 0 spiro atoms. The van der Waals surface area contributed by atoms with E-state index in [9.17, 15) is 10.1 Å². The molecule has 0 aromatic heterocycles. The maximum atomic E-state index is 11.0. The number of nitro benzene ring substituents is 1. The first-order valence-electron chi connectivity index (χ1n) is 7.58. The van der Waals surface area contributed by atoms with Crippen LogP contribution in [0, 0.1) is 22.0 Å². The summed E-state index contributed by atoms with van der Waals surface area (Å²) in [5.41, 5.74) is 1.49. The van der Waals surface area contributed by atoms with Crippen molar-refractivity contribution in [1.29, 1.82) is 0 Å². The minimum absolute atomic E-state index is 0.101. The molecule has 1 aliphatic carbocycles. The highest BCUT2D eigenvalue weighted by Crippen LogP contribution is 2.32. The Bertz CT molecular complexity index is 504. The average molecular weight is 292 g/mol. The number of benzene rings is 1. The van der Waals surface area contributed by atoms with E-state index < -0.39 is 0 Å². The van der Waals surface area contributed by atoms with Crippen molar-refractivity contribution < 1.29 is 9.66 Å². The molecule has 0 aliphatic heterocycles. The van der Waals surface area contributed by atoms with Crippen LogP contribution in [0.2, 0.25) is 0 Å². The van der Waals surface area contributed by atoms with Crippen LogP contribution in [0.4, 0.5) is 11.4 Å². The molecule has 0 bridgehead atoms. The predicted octanol–water partition coefficient (Wildman–Crippen LogP) is 3.98. The zero-order valence-corrected chi connectivity index (χ0v) is 13.0. The second kappa shape index (κ2) is 6.89. The van der Waals surface area contributed by atoms with Gasteiger partial charge < -0.3 is 10.1 Å². The molecular weight excluding hydrogens is 268 g/mol. The summed E-state index contributed by atoms with van der Waals surface area (Å²) in [4.78, 5) is 10.7. The highest BCUT2D eigenvalue weighted by molar-refractivity contribution is 5.62. The quantitative estimate of drug-likeness (QED) is 0.658. The van der Waals surface area contributed by atoms with Gasteiger partial charge in [-0.25, -0.2) is 0 Å². The Morgan fingerprint density at radius 1 is 1.33 bits per heavy atom. The molecule has 1 saturated carbocycles. The molecule has 0 saturated heterocycles. The second-order valence-electron chi connectivity index (χ2n) is 6.06. The van der Waals surface area contributed by atoms with Crippen molar-refractivity contribution >= 4 is 11.4 Å². The van der Waals surface area contributed by atoms with Gasteiger partial charge in [0.1, 0.15) is 5.69 Å². The standard InChI is InChI=1S/C16H24N2O3/c1-11-4-6-14(8-12(11)2)21-10-13-5-7-15(17-3)16(9-13)18(19)20/h5,7,9,11-12,14,17H,4,6,8,10H2,1-3H3. The van der Waals surface area contributed by atoms with Crippen molar-refractivity contribution in [3.8, 4) is 0 Å². The molecule has 5 heteroatoms. The topological polar surface area (TPSA) is 64.4 Å². The zero-order valence-electron chi connectivity index (χ0n) is 13.0. The second-order valence-corrected chi connectivity index (χ2v) is 6.06. The lowest BCUT2D eigenvalue weighted by Crippen LogP contribution is -2.26. The van der Waals surface area contributed by atoms with Gasteiger partial charge in [0, 0.05) is 13.1 Å². The maximum Gasteiger partial charge on any atom is 0.292 e. The first kappa shape index (κ1) is 15.8. The highest BCUT2D eigenvalue weighted by atomic mass is 16.6. The Labute approximate surface area is 125 Å². The van der Waals surface area contributed by atoms with Crippen molar-refractivity contribution in [2.45, 2.75) is 45.8 Å². The third-order valence-electron chi connectivity index (χ3n) is 4.56. The van der Waals surface area contributed by atoms with Crippen molar-refractivity contribution in [3.05, 3.63) is 33.9 Å². The van der Waals surface area contributed by atoms with E-state index in [0.29, 0.717) is 18.2 Å². The molecule has 0 heterocycles. The van der Waals surface area contributed by atoms with Gasteiger partial charge in [-0.2, -0.15) is 0 Å². The third-order valence-corrected chi connectivity index (χ3v) is 4.56. The van der Waals surface area contributed by atoms with Crippen molar-refractivity contribution in [2.75, 3.05) is 12.4 Å². The molecule has 5 nitrogen and oxygen atoms in total. The summed E-state index contributed by atoms with van der Waals surface area (Å²) in [6.45, 7) is 5.00. The first-order chi connectivity index (χ1) is 10.0. The fourth-order valence-corrected chi connectivity index (χ4v) is 2.89. The molecular formula is C16H24N2O3. The Kier molecular flexibility index (Phi) is 5.17. The summed E-state index contributed by atoms with van der Waals surface area (Å²) in [5.74, 6) is 1.45. The predicted molar refractivity (Wildman–Crippen MR) is 83.4 cm³/mol. The van der Waals surface area contributed by atoms with Crippen LogP contribution in [0.25, 0.3) is 0 Å². The van der Waals surface area contributed by atoms with Crippen LogP contribution in [0.15, 0.2) is 18.2 Å². The molecule has 1 fully saturated rings.